The molecule has 5 aromatic rings. The Labute approximate surface area is 396 Å². The number of nitrogens with zero attached hydrogens (tertiary/aromatic N) is 2. The van der Waals surface area contributed by atoms with Crippen LogP contribution in [0.25, 0.3) is 20.5 Å². The number of amides is 3. The van der Waals surface area contributed by atoms with Gasteiger partial charge in [-0.05, 0) is 121 Å². The van der Waals surface area contributed by atoms with Gasteiger partial charge in [-0.25, -0.2) is 0 Å². The number of carbonyl (C=O) groups excluding carboxylic acids is 4. The van der Waals surface area contributed by atoms with Crippen LogP contribution in [0.3, 0.4) is 0 Å². The zero-order valence-electron chi connectivity index (χ0n) is 38.5. The molecule has 12 nitrogen and oxygen atoms in total. The maximum absolute atomic E-state index is 14.4. The topological polar surface area (TPSA) is 183 Å². The number of phenols is 2. The summed E-state index contributed by atoms with van der Waals surface area (Å²) in [6, 6.07) is 25.0. The van der Waals surface area contributed by atoms with Crippen molar-refractivity contribution >= 4 is 56.5 Å². The molecule has 3 amide bonds. The predicted molar refractivity (Wildman–Crippen MR) is 261 cm³/mol. The number of fused-ring (bicyclic) bond motifs is 1. The number of hydrogen-bond acceptors (Lipinski definition) is 10. The van der Waals surface area contributed by atoms with Gasteiger partial charge in [0.15, 0.2) is 5.78 Å². The zero-order chi connectivity index (χ0) is 47.8. The van der Waals surface area contributed by atoms with E-state index in [-0.39, 0.29) is 42.6 Å². The number of primary amides is 1. The van der Waals surface area contributed by atoms with Gasteiger partial charge in [0.25, 0.3) is 0 Å². The summed E-state index contributed by atoms with van der Waals surface area (Å²) in [7, 11) is 0. The highest BCUT2D eigenvalue weighted by molar-refractivity contribution is 7.22. The molecule has 0 bridgehead atoms. The molecule has 0 radical (unpaired) electrons. The molecule has 6 N–H and O–H groups in total. The molecule has 1 saturated heterocycles. The number of nitrogens with two attached hydrogens (primary N) is 1. The molecule has 6 rings (SSSR count). The Balaban J connectivity index is 0.933. The first kappa shape index (κ1) is 50.0. The first-order valence-electron chi connectivity index (χ1n) is 22.8. The van der Waals surface area contributed by atoms with Crippen LogP contribution in [0.2, 0.25) is 5.02 Å². The van der Waals surface area contributed by atoms with Gasteiger partial charge < -0.3 is 40.9 Å². The second-order valence-corrected chi connectivity index (χ2v) is 19.9. The van der Waals surface area contributed by atoms with Crippen LogP contribution in [-0.4, -0.2) is 99.1 Å². The lowest BCUT2D eigenvalue weighted by atomic mass is 9.76. The van der Waals surface area contributed by atoms with E-state index < -0.39 is 40.8 Å². The number of halogens is 1. The van der Waals surface area contributed by atoms with Gasteiger partial charge >= 0.3 is 0 Å². The fourth-order valence-electron chi connectivity index (χ4n) is 8.96. The number of likely N-dealkylation sites (tertiary alicyclic amines) is 1. The molecule has 352 valence electrons. The number of likely N-dealkylation sites (N-methyl/N-ethyl adjacent to an activating group) is 1. The highest BCUT2D eigenvalue weighted by atomic mass is 35.5. The van der Waals surface area contributed by atoms with Crippen molar-refractivity contribution in [3.63, 3.8) is 0 Å². The molecule has 1 aliphatic heterocycles. The van der Waals surface area contributed by atoms with Crippen LogP contribution < -0.4 is 15.8 Å². The molecule has 1 aliphatic rings. The molecule has 14 heteroatoms. The van der Waals surface area contributed by atoms with E-state index in [4.69, 9.17) is 22.1 Å². The summed E-state index contributed by atoms with van der Waals surface area (Å²) in [5, 5.41) is 35.0. The summed E-state index contributed by atoms with van der Waals surface area (Å²) >= 11 is 7.54. The fraction of sp³-hybridized carbons (Fsp3) is 0.423. The predicted octanol–water partition coefficient (Wildman–Crippen LogP) is 9.06. The van der Waals surface area contributed by atoms with E-state index in [1.54, 1.807) is 78.9 Å². The largest absolute Gasteiger partial charge is 0.508 e. The third-order valence-corrected chi connectivity index (χ3v) is 14.2. The highest BCUT2D eigenvalue weighted by Crippen LogP contribution is 2.44. The summed E-state index contributed by atoms with van der Waals surface area (Å²) in [4.78, 5) is 59.4. The van der Waals surface area contributed by atoms with E-state index in [0.717, 1.165) is 71.4 Å². The highest BCUT2D eigenvalue weighted by Gasteiger charge is 2.57. The molecule has 0 spiro atoms. The number of rotatable bonds is 21. The van der Waals surface area contributed by atoms with Gasteiger partial charge in [-0.1, -0.05) is 77.6 Å². The average Bonchev–Trinajstić information content (AvgIpc) is 3.85. The van der Waals surface area contributed by atoms with E-state index in [9.17, 15) is 34.5 Å². The van der Waals surface area contributed by atoms with E-state index in [0.29, 0.717) is 34.9 Å². The van der Waals surface area contributed by atoms with Crippen molar-refractivity contribution in [2.45, 2.75) is 103 Å². The van der Waals surface area contributed by atoms with Gasteiger partial charge in [0.05, 0.1) is 6.10 Å². The van der Waals surface area contributed by atoms with Crippen molar-refractivity contribution in [1.82, 2.24) is 15.1 Å². The number of thiophene rings is 1. The minimum Gasteiger partial charge on any atom is -0.508 e. The molecule has 66 heavy (non-hydrogen) atoms. The van der Waals surface area contributed by atoms with E-state index >= 15 is 0 Å². The van der Waals surface area contributed by atoms with Gasteiger partial charge in [-0.2, -0.15) is 0 Å². The Bertz CT molecular complexity index is 2470. The molecule has 4 atom stereocenters. The van der Waals surface area contributed by atoms with Gasteiger partial charge in [-0.3, -0.25) is 19.2 Å². The van der Waals surface area contributed by atoms with Crippen molar-refractivity contribution in [2.24, 2.45) is 11.1 Å². The Kier molecular flexibility index (Phi) is 16.6. The summed E-state index contributed by atoms with van der Waals surface area (Å²) in [5.74, 6) is -1.15. The number of aliphatic hydroxyl groups excluding tert-OH is 1. The lowest BCUT2D eigenvalue weighted by Gasteiger charge is -2.43. The SMILES string of the molecule is CCN(CCCCCCCC(=O)N[C@H](C(=O)N1CC(O)CC1(C(N)=O)[C@@H](C)c1ccc(Cl)cc1)C(C)(C)C)CCOc1ccc(C(=O)c2c(-c3ccc(O)cc3)sc3cc(O)ccc23)cc1. The van der Waals surface area contributed by atoms with Crippen LogP contribution in [0.5, 0.6) is 17.2 Å². The number of ketones is 1. The second kappa shape index (κ2) is 21.9. The van der Waals surface area contributed by atoms with E-state index in [1.807, 2.05) is 39.8 Å². The number of β-amino-alcohol motifs (C(OH)–C–C–N with tert-alkyl or cyclic N) is 1. The number of ether oxygens (including phenoxy) is 1. The number of aromatic hydroxyl groups is 2. The average molecular weight is 940 g/mol. The first-order chi connectivity index (χ1) is 31.4. The van der Waals surface area contributed by atoms with Crippen LogP contribution in [0.15, 0.2) is 91.0 Å². The molecule has 0 aliphatic carbocycles. The van der Waals surface area contributed by atoms with Crippen LogP contribution in [-0.2, 0) is 14.4 Å². The third kappa shape index (κ3) is 11.7. The summed E-state index contributed by atoms with van der Waals surface area (Å²) in [6.07, 6.45) is 3.79. The molecule has 1 aromatic heterocycles. The summed E-state index contributed by atoms with van der Waals surface area (Å²) in [5.41, 5.74) is 6.50. The quantitative estimate of drug-likeness (QED) is 0.0354. The van der Waals surface area contributed by atoms with Crippen molar-refractivity contribution in [1.29, 1.82) is 0 Å². The number of phenolic OH excluding ortho intramolecular Hbond substituents is 2. The van der Waals surface area contributed by atoms with Crippen LogP contribution in [0.4, 0.5) is 0 Å². The number of unbranched alkanes of at least 4 members (excludes halogenated alkanes) is 4. The number of benzene rings is 4. The minimum atomic E-state index is -1.49. The molecule has 2 unspecified atom stereocenters. The Hall–Kier alpha value is -5.47. The second-order valence-electron chi connectivity index (χ2n) is 18.4. The monoisotopic (exact) mass is 938 g/mol. The standard InChI is InChI=1S/C52H63ClN4O8S/c1-6-56(28-29-65-41-24-17-35(18-25-41)46(62)45-42-26-23-39(59)30-43(42)66-47(45)36-15-21-38(58)22-16-36)27-11-9-7-8-10-12-44(61)55-48(51(3,4)5)49(63)57-32-40(60)31-52(57,50(54)64)33(2)34-13-19-37(53)20-14-34/h13-26,30,33,40,48,58-60H,6-12,27-29,31-32H2,1-5H3,(H2,54,64)(H,55,61)/t33-,40?,48+,52?/m0/s1. The summed E-state index contributed by atoms with van der Waals surface area (Å²) in [6.45, 7) is 12.5. The number of hydrogen-bond donors (Lipinski definition) is 5. The van der Waals surface area contributed by atoms with Crippen molar-refractivity contribution < 1.29 is 39.2 Å². The molecular formula is C52H63ClN4O8S. The number of nitrogens with one attached hydrogen (secondary N) is 1. The minimum absolute atomic E-state index is 0.0125. The number of aliphatic hydroxyl groups is 1. The number of carbonyl (C=O) groups is 4. The van der Waals surface area contributed by atoms with Crippen molar-refractivity contribution in [3.8, 4) is 27.7 Å². The van der Waals surface area contributed by atoms with Crippen LogP contribution >= 0.6 is 22.9 Å². The van der Waals surface area contributed by atoms with Gasteiger partial charge in [0, 0.05) is 63.0 Å². The Morgan fingerprint density at radius 3 is 2.21 bits per heavy atom. The van der Waals surface area contributed by atoms with Crippen LogP contribution in [0.1, 0.15) is 107 Å². The van der Waals surface area contributed by atoms with E-state index in [2.05, 4.69) is 17.1 Å². The molecule has 1 fully saturated rings. The zero-order valence-corrected chi connectivity index (χ0v) is 40.1. The Morgan fingerprint density at radius 1 is 0.909 bits per heavy atom. The lowest BCUT2D eigenvalue weighted by Crippen LogP contribution is -2.64. The van der Waals surface area contributed by atoms with Gasteiger partial charge in [-0.15, -0.1) is 11.3 Å². The van der Waals surface area contributed by atoms with Gasteiger partial charge in [0.2, 0.25) is 17.7 Å². The lowest BCUT2D eigenvalue weighted by molar-refractivity contribution is -0.149. The Morgan fingerprint density at radius 2 is 1.56 bits per heavy atom. The maximum Gasteiger partial charge on any atom is 0.246 e. The molecule has 0 saturated carbocycles. The fourth-order valence-corrected chi connectivity index (χ4v) is 10.3. The summed E-state index contributed by atoms with van der Waals surface area (Å²) < 4.78 is 6.88. The van der Waals surface area contributed by atoms with Gasteiger partial charge in [0.1, 0.15) is 35.4 Å². The molecular weight excluding hydrogens is 876 g/mol. The third-order valence-electron chi connectivity index (χ3n) is 12.8. The molecule has 2 heterocycles. The normalized spacial score (nSPS) is 17.2. The smallest absolute Gasteiger partial charge is 0.246 e. The van der Waals surface area contributed by atoms with Crippen molar-refractivity contribution in [3.05, 3.63) is 113 Å². The first-order valence-corrected chi connectivity index (χ1v) is 24.0. The van der Waals surface area contributed by atoms with Crippen LogP contribution in [0, 0.1) is 5.41 Å². The maximum atomic E-state index is 14.4. The van der Waals surface area contributed by atoms with E-state index in [1.165, 1.54) is 16.2 Å². The molecule has 4 aromatic carbocycles. The van der Waals surface area contributed by atoms with Crippen molar-refractivity contribution in [2.75, 3.05) is 32.8 Å².